The van der Waals surface area contributed by atoms with E-state index in [-0.39, 0.29) is 22.2 Å². The summed E-state index contributed by atoms with van der Waals surface area (Å²) < 4.78 is 56.4. The summed E-state index contributed by atoms with van der Waals surface area (Å²) in [5, 5.41) is 2.24. The number of carbonyl (C=O) groups excluding carboxylic acids is 2. The molecule has 0 aliphatic heterocycles. The second-order valence-electron chi connectivity index (χ2n) is 6.39. The first kappa shape index (κ1) is 21.4. The maximum absolute atomic E-state index is 14.5. The zero-order valence-corrected chi connectivity index (χ0v) is 16.3. The van der Waals surface area contributed by atoms with Crippen molar-refractivity contribution in [1.29, 1.82) is 0 Å². The molecule has 2 aromatic rings. The number of allylic oxidation sites excluding steroid dienone is 3. The second-order valence-corrected chi connectivity index (χ2v) is 7.16. The van der Waals surface area contributed by atoms with Gasteiger partial charge in [-0.15, -0.1) is 0 Å². The normalized spacial score (nSPS) is 20.7. The Labute approximate surface area is 173 Å². The highest BCUT2D eigenvalue weighted by atomic mass is 32.1. The molecule has 158 valence electrons. The Morgan fingerprint density at radius 2 is 1.97 bits per heavy atom. The van der Waals surface area contributed by atoms with E-state index in [0.717, 1.165) is 13.0 Å². The van der Waals surface area contributed by atoms with Crippen molar-refractivity contribution >= 4 is 28.5 Å². The van der Waals surface area contributed by atoms with E-state index in [1.165, 1.54) is 0 Å². The van der Waals surface area contributed by atoms with Crippen LogP contribution in [0.1, 0.15) is 17.3 Å². The van der Waals surface area contributed by atoms with Crippen molar-refractivity contribution in [2.45, 2.75) is 12.6 Å². The minimum absolute atomic E-state index is 0.0767. The van der Waals surface area contributed by atoms with Crippen LogP contribution < -0.4 is 20.5 Å². The van der Waals surface area contributed by atoms with E-state index in [1.54, 1.807) is 30.3 Å². The lowest BCUT2D eigenvalue weighted by Crippen LogP contribution is -2.37. The maximum Gasteiger partial charge on any atom is 0.417 e. The third-order valence-corrected chi connectivity index (χ3v) is 5.05. The number of aromatic nitrogens is 1. The fourth-order valence-corrected chi connectivity index (χ4v) is 3.37. The van der Waals surface area contributed by atoms with Gasteiger partial charge in [-0.05, 0) is 42.7 Å². The first-order valence-corrected chi connectivity index (χ1v) is 9.36. The minimum atomic E-state index is -2.64. The number of hydrogen-bond donors (Lipinski definition) is 2. The lowest BCUT2D eigenvalue weighted by Gasteiger charge is -2.30. The monoisotopic (exact) mass is 439 g/mol. The van der Waals surface area contributed by atoms with Gasteiger partial charge in [0.15, 0.2) is 5.67 Å². The number of anilines is 1. The van der Waals surface area contributed by atoms with E-state index in [4.69, 9.17) is 15.2 Å². The highest BCUT2D eigenvalue weighted by molar-refractivity contribution is 7.11. The molecule has 2 atom stereocenters. The number of nitrogens with two attached hydrogens (primary N) is 1. The number of benzene rings is 1. The van der Waals surface area contributed by atoms with Crippen LogP contribution in [-0.4, -0.2) is 28.6 Å². The molecule has 1 heterocycles. The van der Waals surface area contributed by atoms with Gasteiger partial charge in [-0.25, -0.2) is 18.0 Å². The number of nitrogens with zero attached hydrogens (tertiary/aromatic N) is 1. The van der Waals surface area contributed by atoms with Gasteiger partial charge in [-0.1, -0.05) is 18.2 Å². The van der Waals surface area contributed by atoms with Gasteiger partial charge in [-0.3, -0.25) is 10.1 Å². The van der Waals surface area contributed by atoms with E-state index in [9.17, 15) is 22.8 Å². The molecule has 1 aliphatic carbocycles. The predicted molar refractivity (Wildman–Crippen MR) is 104 cm³/mol. The standard InChI is InChI=1S/C19H16F3N3O4S/c1-19(22)11(12(20)7-8-13(19)21)9-28-16-14(15(23)26)17(30-25-16)24-18(27)29-10-5-3-2-4-6-10/h2-8,11H,9H2,1H3,(H2,23,26)(H,24,27). The largest absolute Gasteiger partial charge is 0.476 e. The van der Waals surface area contributed by atoms with Gasteiger partial charge >= 0.3 is 6.09 Å². The second kappa shape index (κ2) is 8.57. The van der Waals surface area contributed by atoms with Crippen LogP contribution in [0.5, 0.6) is 11.6 Å². The molecule has 2 unspecified atom stereocenters. The number of amides is 2. The van der Waals surface area contributed by atoms with Gasteiger partial charge in [0.1, 0.15) is 34.6 Å². The van der Waals surface area contributed by atoms with Crippen molar-refractivity contribution in [2.24, 2.45) is 11.7 Å². The van der Waals surface area contributed by atoms with Crippen molar-refractivity contribution in [2.75, 3.05) is 11.9 Å². The lowest BCUT2D eigenvalue weighted by molar-refractivity contribution is 0.0783. The van der Waals surface area contributed by atoms with Crippen LogP contribution in [-0.2, 0) is 0 Å². The van der Waals surface area contributed by atoms with Crippen molar-refractivity contribution in [3.05, 3.63) is 59.7 Å². The van der Waals surface area contributed by atoms with Gasteiger partial charge in [-0.2, -0.15) is 4.37 Å². The van der Waals surface area contributed by atoms with Crippen LogP contribution >= 0.6 is 11.5 Å². The summed E-state index contributed by atoms with van der Waals surface area (Å²) in [5.74, 6) is -4.76. The summed E-state index contributed by atoms with van der Waals surface area (Å²) >= 11 is 0.656. The molecule has 3 N–H and O–H groups in total. The molecule has 1 aromatic heterocycles. The molecular weight excluding hydrogens is 423 g/mol. The number of ether oxygens (including phenoxy) is 2. The van der Waals surface area contributed by atoms with E-state index in [1.807, 2.05) is 0 Å². The fourth-order valence-electron chi connectivity index (χ4n) is 2.65. The Kier molecular flexibility index (Phi) is 6.11. The highest BCUT2D eigenvalue weighted by Gasteiger charge is 2.44. The number of hydrogen-bond acceptors (Lipinski definition) is 6. The summed E-state index contributed by atoms with van der Waals surface area (Å²) in [7, 11) is 0. The Balaban J connectivity index is 1.73. The Hall–Kier alpha value is -3.34. The molecule has 0 fully saturated rings. The molecule has 0 saturated carbocycles. The summed E-state index contributed by atoms with van der Waals surface area (Å²) in [6, 6.07) is 8.14. The van der Waals surface area contributed by atoms with Crippen LogP contribution in [0.3, 0.4) is 0 Å². The predicted octanol–water partition coefficient (Wildman–Crippen LogP) is 4.30. The highest BCUT2D eigenvalue weighted by Crippen LogP contribution is 2.40. The van der Waals surface area contributed by atoms with Crippen LogP contribution in [0.4, 0.5) is 23.0 Å². The van der Waals surface area contributed by atoms with Gasteiger partial charge < -0.3 is 15.2 Å². The van der Waals surface area contributed by atoms with Gasteiger partial charge in [0.2, 0.25) is 5.88 Å². The zero-order chi connectivity index (χ0) is 21.9. The number of carbonyl (C=O) groups is 2. The quantitative estimate of drug-likeness (QED) is 0.699. The first-order valence-electron chi connectivity index (χ1n) is 8.58. The Morgan fingerprint density at radius 3 is 2.63 bits per heavy atom. The Morgan fingerprint density at radius 1 is 1.27 bits per heavy atom. The van der Waals surface area contributed by atoms with Crippen LogP contribution in [0.2, 0.25) is 0 Å². The van der Waals surface area contributed by atoms with Crippen LogP contribution in [0.25, 0.3) is 0 Å². The fraction of sp³-hybridized carbons (Fsp3) is 0.211. The average molecular weight is 439 g/mol. The van der Waals surface area contributed by atoms with E-state index < -0.39 is 41.8 Å². The van der Waals surface area contributed by atoms with Crippen LogP contribution in [0.15, 0.2) is 54.1 Å². The molecule has 2 amide bonds. The summed E-state index contributed by atoms with van der Waals surface area (Å²) in [6.45, 7) is 0.219. The molecule has 3 rings (SSSR count). The van der Waals surface area contributed by atoms with Crippen molar-refractivity contribution in [3.8, 4) is 11.6 Å². The van der Waals surface area contributed by atoms with E-state index in [2.05, 4.69) is 9.69 Å². The number of para-hydroxylation sites is 1. The molecular formula is C19H16F3N3O4S. The molecule has 0 saturated heterocycles. The summed E-state index contributed by atoms with van der Waals surface area (Å²) in [4.78, 5) is 23.9. The molecule has 7 nitrogen and oxygen atoms in total. The molecule has 0 spiro atoms. The maximum atomic E-state index is 14.5. The number of halogens is 3. The molecule has 0 radical (unpaired) electrons. The Bertz CT molecular complexity index is 1020. The zero-order valence-electron chi connectivity index (χ0n) is 15.5. The smallest absolute Gasteiger partial charge is 0.417 e. The number of rotatable bonds is 6. The molecule has 1 aliphatic rings. The van der Waals surface area contributed by atoms with Gasteiger partial charge in [0.05, 0.1) is 5.92 Å². The molecule has 0 bridgehead atoms. The molecule has 1 aromatic carbocycles. The third kappa shape index (κ3) is 4.46. The van der Waals surface area contributed by atoms with E-state index >= 15 is 0 Å². The van der Waals surface area contributed by atoms with E-state index in [0.29, 0.717) is 17.6 Å². The topological polar surface area (TPSA) is 104 Å². The molecule has 30 heavy (non-hydrogen) atoms. The first-order chi connectivity index (χ1) is 14.2. The number of primary amides is 1. The summed E-state index contributed by atoms with van der Waals surface area (Å²) in [6.07, 6.45) is 0.584. The van der Waals surface area contributed by atoms with Crippen LogP contribution in [0, 0.1) is 5.92 Å². The van der Waals surface area contributed by atoms with Crippen molar-refractivity contribution < 1.29 is 32.2 Å². The molecule has 11 heteroatoms. The van der Waals surface area contributed by atoms with Gasteiger partial charge in [0, 0.05) is 0 Å². The van der Waals surface area contributed by atoms with Crippen molar-refractivity contribution in [1.82, 2.24) is 4.37 Å². The number of nitrogens with one attached hydrogen (secondary N) is 1. The van der Waals surface area contributed by atoms with Crippen molar-refractivity contribution in [3.63, 3.8) is 0 Å². The number of alkyl halides is 1. The van der Waals surface area contributed by atoms with Gasteiger partial charge in [0.25, 0.3) is 5.91 Å². The SMILES string of the molecule is CC1(F)C(F)=CC=C(F)C1COc1nsc(NC(=O)Oc2ccccc2)c1C(N)=O. The summed E-state index contributed by atoms with van der Waals surface area (Å²) in [5.41, 5.74) is 2.39. The average Bonchev–Trinajstić information content (AvgIpc) is 3.08. The third-order valence-electron chi connectivity index (χ3n) is 4.31. The minimum Gasteiger partial charge on any atom is -0.476 e. The lowest BCUT2D eigenvalue weighted by atomic mass is 9.85.